The van der Waals surface area contributed by atoms with Crippen molar-refractivity contribution in [3.05, 3.63) is 24.3 Å². The predicted octanol–water partition coefficient (Wildman–Crippen LogP) is 2.09. The van der Waals surface area contributed by atoms with Gasteiger partial charge >= 0.3 is 12.3 Å². The highest BCUT2D eigenvalue weighted by atomic mass is 19.4. The molecule has 2 amide bonds. The van der Waals surface area contributed by atoms with Gasteiger partial charge in [-0.25, -0.2) is 4.79 Å². The summed E-state index contributed by atoms with van der Waals surface area (Å²) < 4.78 is 45.0. The molecule has 1 heterocycles. The molecule has 0 radical (unpaired) electrons. The number of fused-ring (bicyclic) bond motifs is 1. The molecule has 1 aromatic carbocycles. The minimum Gasteiger partial charge on any atom is -0.490 e. The lowest BCUT2D eigenvalue weighted by Gasteiger charge is -2.29. The molecule has 126 valence electrons. The standard InChI is InChI=1S/C14H15F3N2O4/c15-14(16,17)9-23-13(21)18-6-5-12(20)19-7-8-22-11-4-2-1-3-10(11)19/h1-4H,5-9H2,(H,18,21). The fourth-order valence-electron chi connectivity index (χ4n) is 2.03. The third-order valence-electron chi connectivity index (χ3n) is 3.00. The van der Waals surface area contributed by atoms with Gasteiger partial charge in [0.05, 0.1) is 12.2 Å². The molecule has 23 heavy (non-hydrogen) atoms. The van der Waals surface area contributed by atoms with E-state index in [0.29, 0.717) is 24.6 Å². The van der Waals surface area contributed by atoms with Gasteiger partial charge in [0.15, 0.2) is 6.61 Å². The Hall–Kier alpha value is -2.45. The highest BCUT2D eigenvalue weighted by molar-refractivity contribution is 5.95. The summed E-state index contributed by atoms with van der Waals surface area (Å²) >= 11 is 0. The van der Waals surface area contributed by atoms with Gasteiger partial charge in [-0.2, -0.15) is 13.2 Å². The van der Waals surface area contributed by atoms with Crippen LogP contribution >= 0.6 is 0 Å². The summed E-state index contributed by atoms with van der Waals surface area (Å²) in [7, 11) is 0. The number of halogens is 3. The van der Waals surface area contributed by atoms with E-state index >= 15 is 0 Å². The van der Waals surface area contributed by atoms with E-state index in [1.165, 1.54) is 4.90 Å². The van der Waals surface area contributed by atoms with Gasteiger partial charge in [-0.15, -0.1) is 0 Å². The molecule has 0 saturated carbocycles. The molecule has 0 saturated heterocycles. The number of carbonyl (C=O) groups excluding carboxylic acids is 2. The first kappa shape index (κ1) is 16.9. The fourth-order valence-corrected chi connectivity index (χ4v) is 2.03. The van der Waals surface area contributed by atoms with Gasteiger partial charge in [0.1, 0.15) is 12.4 Å². The fraction of sp³-hybridized carbons (Fsp3) is 0.429. The predicted molar refractivity (Wildman–Crippen MR) is 74.3 cm³/mol. The second-order valence-electron chi connectivity index (χ2n) is 4.73. The lowest BCUT2D eigenvalue weighted by molar-refractivity contribution is -0.160. The molecule has 1 aromatic rings. The van der Waals surface area contributed by atoms with Crippen molar-refractivity contribution >= 4 is 17.7 Å². The molecule has 1 aliphatic rings. The van der Waals surface area contributed by atoms with Crippen LogP contribution in [-0.4, -0.2) is 44.5 Å². The number of carbonyl (C=O) groups is 2. The zero-order chi connectivity index (χ0) is 16.9. The van der Waals surface area contributed by atoms with Crippen molar-refractivity contribution in [2.75, 3.05) is 31.2 Å². The van der Waals surface area contributed by atoms with Crippen molar-refractivity contribution in [2.45, 2.75) is 12.6 Å². The number of hydrogen-bond donors (Lipinski definition) is 1. The van der Waals surface area contributed by atoms with Crippen LogP contribution in [0.2, 0.25) is 0 Å². The Balaban J connectivity index is 1.79. The van der Waals surface area contributed by atoms with E-state index in [-0.39, 0.29) is 18.9 Å². The SMILES string of the molecule is O=C(NCCC(=O)N1CCOc2ccccc21)OCC(F)(F)F. The molecular weight excluding hydrogens is 317 g/mol. The van der Waals surface area contributed by atoms with Crippen molar-refractivity contribution in [2.24, 2.45) is 0 Å². The maximum absolute atomic E-state index is 12.2. The molecule has 0 aromatic heterocycles. The number of hydrogen-bond acceptors (Lipinski definition) is 4. The highest BCUT2D eigenvalue weighted by Crippen LogP contribution is 2.31. The molecule has 0 fully saturated rings. The Morgan fingerprint density at radius 3 is 2.78 bits per heavy atom. The van der Waals surface area contributed by atoms with Gasteiger partial charge in [-0.3, -0.25) is 4.79 Å². The number of alkyl halides is 3. The van der Waals surface area contributed by atoms with Gasteiger partial charge in [-0.1, -0.05) is 12.1 Å². The second kappa shape index (κ2) is 7.21. The number of anilines is 1. The largest absolute Gasteiger partial charge is 0.490 e. The summed E-state index contributed by atoms with van der Waals surface area (Å²) in [6.45, 7) is -1.06. The van der Waals surface area contributed by atoms with Crippen LogP contribution in [0.15, 0.2) is 24.3 Å². The summed E-state index contributed by atoms with van der Waals surface area (Å²) in [5.41, 5.74) is 0.628. The smallest absolute Gasteiger partial charge is 0.422 e. The lowest BCUT2D eigenvalue weighted by Crippen LogP contribution is -2.40. The van der Waals surface area contributed by atoms with Crippen molar-refractivity contribution < 1.29 is 32.2 Å². The first-order valence-electron chi connectivity index (χ1n) is 6.86. The number of benzene rings is 1. The molecule has 0 aliphatic carbocycles. The Morgan fingerprint density at radius 2 is 2.04 bits per heavy atom. The topological polar surface area (TPSA) is 67.9 Å². The van der Waals surface area contributed by atoms with Crippen molar-refractivity contribution in [3.8, 4) is 5.75 Å². The first-order valence-corrected chi connectivity index (χ1v) is 6.86. The molecule has 0 unspecified atom stereocenters. The summed E-state index contributed by atoms with van der Waals surface area (Å²) in [4.78, 5) is 24.7. The van der Waals surface area contributed by atoms with Crippen LogP contribution in [-0.2, 0) is 9.53 Å². The van der Waals surface area contributed by atoms with Gasteiger partial charge in [0, 0.05) is 13.0 Å². The maximum atomic E-state index is 12.2. The minimum absolute atomic E-state index is 0.0601. The normalized spacial score (nSPS) is 13.8. The number of amides is 2. The minimum atomic E-state index is -4.58. The Labute approximate surface area is 130 Å². The Morgan fingerprint density at radius 1 is 1.30 bits per heavy atom. The van der Waals surface area contributed by atoms with Crippen LogP contribution in [0.25, 0.3) is 0 Å². The van der Waals surface area contributed by atoms with E-state index in [9.17, 15) is 22.8 Å². The van der Waals surface area contributed by atoms with Crippen LogP contribution in [0.1, 0.15) is 6.42 Å². The van der Waals surface area contributed by atoms with Gasteiger partial charge in [0.25, 0.3) is 0 Å². The first-order chi connectivity index (χ1) is 10.9. The monoisotopic (exact) mass is 332 g/mol. The Kier molecular flexibility index (Phi) is 5.30. The lowest BCUT2D eigenvalue weighted by atomic mass is 10.2. The van der Waals surface area contributed by atoms with Crippen LogP contribution < -0.4 is 15.0 Å². The maximum Gasteiger partial charge on any atom is 0.422 e. The number of ether oxygens (including phenoxy) is 2. The number of rotatable bonds is 4. The zero-order valence-electron chi connectivity index (χ0n) is 12.1. The van der Waals surface area contributed by atoms with E-state index in [1.807, 2.05) is 0 Å². The molecular formula is C14H15F3N2O4. The molecule has 1 aliphatic heterocycles. The molecule has 1 N–H and O–H groups in total. The number of para-hydroxylation sites is 2. The van der Waals surface area contributed by atoms with Gasteiger partial charge < -0.3 is 19.7 Å². The summed E-state index contributed by atoms with van der Waals surface area (Å²) in [5, 5.41) is 2.11. The zero-order valence-corrected chi connectivity index (χ0v) is 12.1. The average molecular weight is 332 g/mol. The molecule has 0 bridgehead atoms. The number of nitrogens with one attached hydrogen (secondary N) is 1. The summed E-state index contributed by atoms with van der Waals surface area (Å²) in [6, 6.07) is 7.02. The molecule has 9 heteroatoms. The Bertz CT molecular complexity index is 577. The molecule has 0 atom stereocenters. The highest BCUT2D eigenvalue weighted by Gasteiger charge is 2.29. The van der Waals surface area contributed by atoms with Crippen molar-refractivity contribution in [1.82, 2.24) is 5.32 Å². The number of nitrogens with zero attached hydrogens (tertiary/aromatic N) is 1. The molecule has 0 spiro atoms. The van der Waals surface area contributed by atoms with E-state index in [0.717, 1.165) is 0 Å². The molecule has 6 nitrogen and oxygen atoms in total. The van der Waals surface area contributed by atoms with E-state index < -0.39 is 18.9 Å². The van der Waals surface area contributed by atoms with Gasteiger partial charge in [-0.05, 0) is 12.1 Å². The number of alkyl carbamates (subject to hydrolysis) is 1. The summed E-state index contributed by atoms with van der Waals surface area (Å²) in [6.07, 6.45) is -5.85. The van der Waals surface area contributed by atoms with Crippen molar-refractivity contribution in [1.29, 1.82) is 0 Å². The van der Waals surface area contributed by atoms with Crippen LogP contribution in [0.3, 0.4) is 0 Å². The van der Waals surface area contributed by atoms with Crippen LogP contribution in [0.4, 0.5) is 23.7 Å². The van der Waals surface area contributed by atoms with Crippen LogP contribution in [0, 0.1) is 0 Å². The van der Waals surface area contributed by atoms with E-state index in [2.05, 4.69) is 10.1 Å². The molecule has 2 rings (SSSR count). The van der Waals surface area contributed by atoms with Crippen molar-refractivity contribution in [3.63, 3.8) is 0 Å². The van der Waals surface area contributed by atoms with Gasteiger partial charge in [0.2, 0.25) is 5.91 Å². The third-order valence-corrected chi connectivity index (χ3v) is 3.00. The van der Waals surface area contributed by atoms with Crippen LogP contribution in [0.5, 0.6) is 5.75 Å². The summed E-state index contributed by atoms with van der Waals surface area (Å²) in [5.74, 6) is 0.321. The van der Waals surface area contributed by atoms with E-state index in [4.69, 9.17) is 4.74 Å². The van der Waals surface area contributed by atoms with E-state index in [1.54, 1.807) is 24.3 Å². The average Bonchev–Trinajstić information content (AvgIpc) is 2.51. The second-order valence-corrected chi connectivity index (χ2v) is 4.73. The quantitative estimate of drug-likeness (QED) is 0.917. The third kappa shape index (κ3) is 5.04.